The number of carbonyl (C=O) groups excluding carboxylic acids is 1. The fourth-order valence-corrected chi connectivity index (χ4v) is 2.78. The average molecular weight is 332 g/mol. The van der Waals surface area contributed by atoms with E-state index >= 15 is 0 Å². The highest BCUT2D eigenvalue weighted by Crippen LogP contribution is 2.29. The van der Waals surface area contributed by atoms with Crippen LogP contribution < -0.4 is 11.1 Å². The number of hydrogen-bond acceptors (Lipinski definition) is 5. The summed E-state index contributed by atoms with van der Waals surface area (Å²) in [6.45, 7) is 6.05. The minimum Gasteiger partial charge on any atom is -0.381 e. The number of aryl methyl sites for hydroxylation is 2. The summed E-state index contributed by atoms with van der Waals surface area (Å²) in [4.78, 5) is 12.5. The lowest BCUT2D eigenvalue weighted by Crippen LogP contribution is -2.49. The Hall–Kier alpha value is -1.11. The zero-order valence-electron chi connectivity index (χ0n) is 13.3. The molecule has 7 heteroatoms. The number of nitrogens with two attached hydrogens (primary N) is 1. The van der Waals surface area contributed by atoms with Crippen LogP contribution in [-0.2, 0) is 28.9 Å². The monoisotopic (exact) mass is 331 g/mol. The van der Waals surface area contributed by atoms with Crippen molar-refractivity contribution in [3.05, 3.63) is 17.0 Å². The van der Waals surface area contributed by atoms with Crippen molar-refractivity contribution in [3.63, 3.8) is 0 Å². The summed E-state index contributed by atoms with van der Waals surface area (Å²) in [6.07, 6.45) is 2.93. The quantitative estimate of drug-likeness (QED) is 0.826. The highest BCUT2D eigenvalue weighted by molar-refractivity contribution is 5.85. The molecule has 1 aliphatic heterocycles. The smallest absolute Gasteiger partial charge is 0.227 e. The molecule has 3 N–H and O–H groups in total. The van der Waals surface area contributed by atoms with Crippen molar-refractivity contribution in [2.45, 2.75) is 46.1 Å². The molecule has 126 valence electrons. The molecule has 1 aliphatic rings. The van der Waals surface area contributed by atoms with Crippen LogP contribution in [-0.4, -0.2) is 30.8 Å². The lowest BCUT2D eigenvalue weighted by atomic mass is 9.79. The SMILES string of the molecule is CCc1noc(CC)c1CNC(=O)C1(CN)CCOCC1.Cl. The summed E-state index contributed by atoms with van der Waals surface area (Å²) in [7, 11) is 0. The number of halogens is 1. The number of rotatable bonds is 6. The molecule has 1 aromatic rings. The first-order chi connectivity index (χ1) is 10.2. The van der Waals surface area contributed by atoms with Gasteiger partial charge in [0, 0.05) is 38.3 Å². The third-order valence-electron chi connectivity index (χ3n) is 4.36. The molecule has 2 rings (SSSR count). The van der Waals surface area contributed by atoms with Gasteiger partial charge in [0.1, 0.15) is 5.76 Å². The van der Waals surface area contributed by atoms with Gasteiger partial charge in [0.2, 0.25) is 5.91 Å². The molecule has 6 nitrogen and oxygen atoms in total. The molecular weight excluding hydrogens is 306 g/mol. The van der Waals surface area contributed by atoms with Crippen LogP contribution in [0.25, 0.3) is 0 Å². The van der Waals surface area contributed by atoms with Crippen LogP contribution in [0.1, 0.15) is 43.7 Å². The molecule has 1 aromatic heterocycles. The number of carbonyl (C=O) groups is 1. The van der Waals surface area contributed by atoms with Gasteiger partial charge in [0.25, 0.3) is 0 Å². The molecule has 0 radical (unpaired) electrons. The summed E-state index contributed by atoms with van der Waals surface area (Å²) < 4.78 is 10.7. The van der Waals surface area contributed by atoms with Crippen molar-refractivity contribution in [2.24, 2.45) is 11.1 Å². The number of aromatic nitrogens is 1. The van der Waals surface area contributed by atoms with Gasteiger partial charge in [-0.1, -0.05) is 19.0 Å². The van der Waals surface area contributed by atoms with E-state index in [0.717, 1.165) is 29.9 Å². The Morgan fingerprint density at radius 1 is 1.32 bits per heavy atom. The van der Waals surface area contributed by atoms with Gasteiger partial charge in [0.15, 0.2) is 0 Å². The van der Waals surface area contributed by atoms with E-state index in [9.17, 15) is 4.79 Å². The predicted octanol–water partition coefficient (Wildman–Crippen LogP) is 1.59. The minimum atomic E-state index is -0.492. The Kier molecular flexibility index (Phi) is 7.32. The summed E-state index contributed by atoms with van der Waals surface area (Å²) in [5.74, 6) is 0.861. The van der Waals surface area contributed by atoms with Gasteiger partial charge in [-0.15, -0.1) is 12.4 Å². The van der Waals surface area contributed by atoms with Crippen molar-refractivity contribution in [1.29, 1.82) is 0 Å². The molecule has 2 heterocycles. The van der Waals surface area contributed by atoms with E-state index in [4.69, 9.17) is 15.0 Å². The second kappa shape index (κ2) is 8.50. The van der Waals surface area contributed by atoms with E-state index in [1.54, 1.807) is 0 Å². The van der Waals surface area contributed by atoms with Crippen LogP contribution >= 0.6 is 12.4 Å². The molecule has 0 unspecified atom stereocenters. The van der Waals surface area contributed by atoms with Gasteiger partial charge < -0.3 is 20.3 Å². The summed E-state index contributed by atoms with van der Waals surface area (Å²) in [5, 5.41) is 7.08. The molecule has 22 heavy (non-hydrogen) atoms. The van der Waals surface area contributed by atoms with Gasteiger partial charge in [-0.2, -0.15) is 0 Å². The third-order valence-corrected chi connectivity index (χ3v) is 4.36. The van der Waals surface area contributed by atoms with Crippen molar-refractivity contribution in [3.8, 4) is 0 Å². The highest BCUT2D eigenvalue weighted by Gasteiger charge is 2.38. The first-order valence-electron chi connectivity index (χ1n) is 7.69. The average Bonchev–Trinajstić information content (AvgIpc) is 2.95. The number of ether oxygens (including phenoxy) is 1. The standard InChI is InChI=1S/C15H25N3O3.ClH/c1-3-12-11(13(4-2)21-18-12)9-17-14(19)15(10-16)5-7-20-8-6-15;/h3-10,16H2,1-2H3,(H,17,19);1H. The van der Waals surface area contributed by atoms with Gasteiger partial charge in [-0.25, -0.2) is 0 Å². The second-order valence-corrected chi connectivity index (χ2v) is 5.52. The summed E-state index contributed by atoms with van der Waals surface area (Å²) >= 11 is 0. The van der Waals surface area contributed by atoms with E-state index in [1.165, 1.54) is 0 Å². The Morgan fingerprint density at radius 2 is 2.00 bits per heavy atom. The van der Waals surface area contributed by atoms with E-state index in [-0.39, 0.29) is 18.3 Å². The maximum Gasteiger partial charge on any atom is 0.227 e. The van der Waals surface area contributed by atoms with Crippen LogP contribution in [0.5, 0.6) is 0 Å². The van der Waals surface area contributed by atoms with E-state index < -0.39 is 5.41 Å². The van der Waals surface area contributed by atoms with Crippen LogP contribution in [0, 0.1) is 5.41 Å². The van der Waals surface area contributed by atoms with E-state index in [2.05, 4.69) is 10.5 Å². The third kappa shape index (κ3) is 3.80. The molecule has 1 amide bonds. The highest BCUT2D eigenvalue weighted by atomic mass is 35.5. The fraction of sp³-hybridized carbons (Fsp3) is 0.733. The predicted molar refractivity (Wildman–Crippen MR) is 85.9 cm³/mol. The molecule has 0 atom stereocenters. The molecule has 1 fully saturated rings. The topological polar surface area (TPSA) is 90.4 Å². The molecule has 1 saturated heterocycles. The molecule has 0 spiro atoms. The number of hydrogen-bond donors (Lipinski definition) is 2. The first-order valence-corrected chi connectivity index (χ1v) is 7.69. The molecule has 0 aliphatic carbocycles. The Bertz CT molecular complexity index is 463. The largest absolute Gasteiger partial charge is 0.381 e. The van der Waals surface area contributed by atoms with Crippen LogP contribution in [0.4, 0.5) is 0 Å². The van der Waals surface area contributed by atoms with E-state index in [0.29, 0.717) is 39.1 Å². The zero-order valence-corrected chi connectivity index (χ0v) is 14.1. The summed E-state index contributed by atoms with van der Waals surface area (Å²) in [6, 6.07) is 0. The lowest BCUT2D eigenvalue weighted by molar-refractivity contribution is -0.136. The van der Waals surface area contributed by atoms with Gasteiger partial charge >= 0.3 is 0 Å². The number of nitrogens with zero attached hydrogens (tertiary/aromatic N) is 1. The molecular formula is C15H26ClN3O3. The second-order valence-electron chi connectivity index (χ2n) is 5.52. The Morgan fingerprint density at radius 3 is 2.55 bits per heavy atom. The maximum absolute atomic E-state index is 12.5. The first kappa shape index (κ1) is 18.9. The number of amides is 1. The minimum absolute atomic E-state index is 0. The summed E-state index contributed by atoms with van der Waals surface area (Å²) in [5.41, 5.74) is 7.29. The van der Waals surface area contributed by atoms with Crippen molar-refractivity contribution < 1.29 is 14.1 Å². The van der Waals surface area contributed by atoms with Crippen LogP contribution in [0.15, 0.2) is 4.52 Å². The van der Waals surface area contributed by atoms with Crippen molar-refractivity contribution in [2.75, 3.05) is 19.8 Å². The fourth-order valence-electron chi connectivity index (χ4n) is 2.78. The van der Waals surface area contributed by atoms with Crippen LogP contribution in [0.3, 0.4) is 0 Å². The van der Waals surface area contributed by atoms with Crippen molar-refractivity contribution >= 4 is 18.3 Å². The molecule has 0 saturated carbocycles. The Balaban J connectivity index is 0.00000242. The van der Waals surface area contributed by atoms with Gasteiger partial charge in [-0.05, 0) is 19.3 Å². The normalized spacial score (nSPS) is 16.9. The lowest BCUT2D eigenvalue weighted by Gasteiger charge is -2.34. The van der Waals surface area contributed by atoms with E-state index in [1.807, 2.05) is 13.8 Å². The maximum atomic E-state index is 12.5. The van der Waals surface area contributed by atoms with Crippen molar-refractivity contribution in [1.82, 2.24) is 10.5 Å². The van der Waals surface area contributed by atoms with Gasteiger partial charge in [-0.3, -0.25) is 4.79 Å². The number of nitrogens with one attached hydrogen (secondary N) is 1. The molecule has 0 aromatic carbocycles. The van der Waals surface area contributed by atoms with Gasteiger partial charge in [0.05, 0.1) is 11.1 Å². The zero-order chi connectivity index (χ0) is 15.3. The van der Waals surface area contributed by atoms with Crippen LogP contribution in [0.2, 0.25) is 0 Å². The Labute approximate surface area is 137 Å². The molecule has 0 bridgehead atoms.